The van der Waals surface area contributed by atoms with Gasteiger partial charge in [0.25, 0.3) is 5.91 Å². The average Bonchev–Trinajstić information content (AvgIpc) is 2.42. The molecular formula is C13H17NO4. The Bertz CT molecular complexity index is 391. The molecule has 1 aromatic rings. The first-order valence-electron chi connectivity index (χ1n) is 5.73. The monoisotopic (exact) mass is 251 g/mol. The molecule has 1 aromatic carbocycles. The van der Waals surface area contributed by atoms with E-state index in [0.29, 0.717) is 12.2 Å². The molecule has 0 spiro atoms. The highest BCUT2D eigenvalue weighted by Gasteiger charge is 2.18. The molecule has 1 N–H and O–H groups in total. The van der Waals surface area contributed by atoms with Crippen LogP contribution in [0.25, 0.3) is 0 Å². The van der Waals surface area contributed by atoms with Crippen molar-refractivity contribution >= 4 is 11.9 Å². The number of nitrogens with one attached hydrogen (secondary N) is 1. The number of esters is 1. The predicted octanol–water partition coefficient (Wildman–Crippen LogP) is 1.13. The van der Waals surface area contributed by atoms with E-state index in [-0.39, 0.29) is 12.5 Å². The van der Waals surface area contributed by atoms with Crippen LogP contribution >= 0.6 is 0 Å². The Morgan fingerprint density at radius 2 is 1.94 bits per heavy atom. The second kappa shape index (κ2) is 7.32. The highest BCUT2D eigenvalue weighted by atomic mass is 16.5. The number of para-hydroxylation sites is 1. The molecule has 18 heavy (non-hydrogen) atoms. The van der Waals surface area contributed by atoms with Gasteiger partial charge in [-0.05, 0) is 18.6 Å². The number of ether oxygens (including phenoxy) is 2. The summed E-state index contributed by atoms with van der Waals surface area (Å²) in [5.74, 6) is -0.192. The highest BCUT2D eigenvalue weighted by Crippen LogP contribution is 2.12. The van der Waals surface area contributed by atoms with Gasteiger partial charge in [-0.2, -0.15) is 0 Å². The molecular weight excluding hydrogens is 234 g/mol. The lowest BCUT2D eigenvalue weighted by Crippen LogP contribution is -2.40. The topological polar surface area (TPSA) is 64.6 Å². The Morgan fingerprint density at radius 3 is 2.50 bits per heavy atom. The number of hydrogen-bond acceptors (Lipinski definition) is 4. The van der Waals surface area contributed by atoms with Crippen LogP contribution in [0.3, 0.4) is 0 Å². The summed E-state index contributed by atoms with van der Waals surface area (Å²) in [6, 6.07) is 9.07. The summed E-state index contributed by atoms with van der Waals surface area (Å²) >= 11 is 0. The fourth-order valence-corrected chi connectivity index (χ4v) is 1.33. The summed E-state index contributed by atoms with van der Waals surface area (Å²) in [5, 5.41) is 2.47. The zero-order valence-electron chi connectivity index (χ0n) is 10.5. The third kappa shape index (κ3) is 4.45. The maximum Gasteiger partial charge on any atom is 0.325 e. The molecule has 98 valence electrons. The first-order chi connectivity index (χ1) is 8.67. The smallest absolute Gasteiger partial charge is 0.325 e. The van der Waals surface area contributed by atoms with Crippen molar-refractivity contribution in [3.8, 4) is 5.75 Å². The number of methoxy groups -OCH3 is 1. The minimum absolute atomic E-state index is 0.149. The van der Waals surface area contributed by atoms with Crippen LogP contribution in [0, 0.1) is 0 Å². The van der Waals surface area contributed by atoms with Gasteiger partial charge >= 0.3 is 5.97 Å². The van der Waals surface area contributed by atoms with Crippen LogP contribution in [0.2, 0.25) is 0 Å². The minimum Gasteiger partial charge on any atom is -0.481 e. The van der Waals surface area contributed by atoms with Crippen molar-refractivity contribution in [1.29, 1.82) is 0 Å². The summed E-state index contributed by atoms with van der Waals surface area (Å²) in [6.07, 6.45) is -0.0981. The Labute approximate surface area is 106 Å². The Morgan fingerprint density at radius 1 is 1.28 bits per heavy atom. The summed E-state index contributed by atoms with van der Waals surface area (Å²) in [5.41, 5.74) is 0. The Hall–Kier alpha value is -2.04. The molecule has 0 aromatic heterocycles. The van der Waals surface area contributed by atoms with Crippen LogP contribution in [0.15, 0.2) is 30.3 Å². The molecule has 0 aliphatic heterocycles. The molecule has 1 atom stereocenters. The van der Waals surface area contributed by atoms with Crippen molar-refractivity contribution < 1.29 is 19.1 Å². The zero-order valence-corrected chi connectivity index (χ0v) is 10.5. The van der Waals surface area contributed by atoms with Gasteiger partial charge in [0.05, 0.1) is 7.11 Å². The molecule has 5 heteroatoms. The van der Waals surface area contributed by atoms with Crippen LogP contribution in [-0.2, 0) is 14.3 Å². The SMILES string of the molecule is CC[C@H](Oc1ccccc1)C(=O)NCC(=O)OC. The molecule has 0 radical (unpaired) electrons. The van der Waals surface area contributed by atoms with Crippen molar-refractivity contribution in [2.24, 2.45) is 0 Å². The van der Waals surface area contributed by atoms with Gasteiger partial charge in [0.15, 0.2) is 6.10 Å². The molecule has 0 saturated heterocycles. The van der Waals surface area contributed by atoms with Crippen LogP contribution in [-0.4, -0.2) is 31.6 Å². The van der Waals surface area contributed by atoms with E-state index in [9.17, 15) is 9.59 Å². The number of hydrogen-bond donors (Lipinski definition) is 1. The summed E-state index contributed by atoms with van der Waals surface area (Å²) in [4.78, 5) is 22.7. The van der Waals surface area contributed by atoms with Crippen molar-refractivity contribution in [2.75, 3.05) is 13.7 Å². The molecule has 1 amide bonds. The highest BCUT2D eigenvalue weighted by molar-refractivity contribution is 5.85. The van der Waals surface area contributed by atoms with Crippen molar-refractivity contribution in [3.63, 3.8) is 0 Å². The van der Waals surface area contributed by atoms with E-state index in [1.807, 2.05) is 25.1 Å². The van der Waals surface area contributed by atoms with Gasteiger partial charge in [-0.15, -0.1) is 0 Å². The van der Waals surface area contributed by atoms with E-state index in [1.54, 1.807) is 12.1 Å². The quantitative estimate of drug-likeness (QED) is 0.770. The van der Waals surface area contributed by atoms with Gasteiger partial charge in [0, 0.05) is 0 Å². The van der Waals surface area contributed by atoms with E-state index in [1.165, 1.54) is 7.11 Å². The summed E-state index contributed by atoms with van der Waals surface area (Å²) < 4.78 is 9.96. The zero-order chi connectivity index (χ0) is 13.4. The van der Waals surface area contributed by atoms with Gasteiger partial charge < -0.3 is 14.8 Å². The lowest BCUT2D eigenvalue weighted by molar-refractivity contribution is -0.142. The normalized spacial score (nSPS) is 11.4. The lowest BCUT2D eigenvalue weighted by Gasteiger charge is -2.16. The molecule has 0 saturated carbocycles. The molecule has 1 rings (SSSR count). The minimum atomic E-state index is -0.614. The Kier molecular flexibility index (Phi) is 5.70. The number of rotatable bonds is 6. The second-order valence-corrected chi connectivity index (χ2v) is 3.62. The largest absolute Gasteiger partial charge is 0.481 e. The number of carbonyl (C=O) groups excluding carboxylic acids is 2. The molecule has 0 fully saturated rings. The van der Waals surface area contributed by atoms with Crippen molar-refractivity contribution in [1.82, 2.24) is 5.32 Å². The summed E-state index contributed by atoms with van der Waals surface area (Å²) in [7, 11) is 1.27. The lowest BCUT2D eigenvalue weighted by atomic mass is 10.2. The van der Waals surface area contributed by atoms with Gasteiger partial charge in [-0.3, -0.25) is 9.59 Å². The standard InChI is InChI=1S/C13H17NO4/c1-3-11(13(16)14-9-12(15)17-2)18-10-7-5-4-6-8-10/h4-8,11H,3,9H2,1-2H3,(H,14,16)/t11-/m0/s1. The fourth-order valence-electron chi connectivity index (χ4n) is 1.33. The predicted molar refractivity (Wildman–Crippen MR) is 66.2 cm³/mol. The van der Waals surface area contributed by atoms with Gasteiger partial charge in [0.1, 0.15) is 12.3 Å². The first-order valence-corrected chi connectivity index (χ1v) is 5.73. The van der Waals surface area contributed by atoms with Crippen LogP contribution < -0.4 is 10.1 Å². The molecule has 5 nitrogen and oxygen atoms in total. The molecule has 0 aliphatic rings. The first kappa shape index (κ1) is 14.0. The van der Waals surface area contributed by atoms with Crippen LogP contribution in [0.5, 0.6) is 5.75 Å². The van der Waals surface area contributed by atoms with Crippen molar-refractivity contribution in [2.45, 2.75) is 19.4 Å². The fraction of sp³-hybridized carbons (Fsp3) is 0.385. The van der Waals surface area contributed by atoms with E-state index < -0.39 is 12.1 Å². The third-order valence-corrected chi connectivity index (χ3v) is 2.32. The molecule has 0 aliphatic carbocycles. The van der Waals surface area contributed by atoms with E-state index >= 15 is 0 Å². The second-order valence-electron chi connectivity index (χ2n) is 3.62. The number of carbonyl (C=O) groups is 2. The van der Waals surface area contributed by atoms with E-state index in [2.05, 4.69) is 10.1 Å². The van der Waals surface area contributed by atoms with Crippen LogP contribution in [0.1, 0.15) is 13.3 Å². The maximum atomic E-state index is 11.8. The van der Waals surface area contributed by atoms with Gasteiger partial charge in [-0.25, -0.2) is 0 Å². The molecule has 0 unspecified atom stereocenters. The Balaban J connectivity index is 2.50. The third-order valence-electron chi connectivity index (χ3n) is 2.32. The van der Waals surface area contributed by atoms with Gasteiger partial charge in [-0.1, -0.05) is 25.1 Å². The van der Waals surface area contributed by atoms with E-state index in [0.717, 1.165) is 0 Å². The van der Waals surface area contributed by atoms with Crippen molar-refractivity contribution in [3.05, 3.63) is 30.3 Å². The van der Waals surface area contributed by atoms with Crippen LogP contribution in [0.4, 0.5) is 0 Å². The molecule has 0 bridgehead atoms. The average molecular weight is 251 g/mol. The van der Waals surface area contributed by atoms with E-state index in [4.69, 9.17) is 4.74 Å². The number of amides is 1. The molecule has 0 heterocycles. The van der Waals surface area contributed by atoms with Gasteiger partial charge in [0.2, 0.25) is 0 Å². The number of benzene rings is 1. The maximum absolute atomic E-state index is 11.8. The summed E-state index contributed by atoms with van der Waals surface area (Å²) in [6.45, 7) is 1.69.